The van der Waals surface area contributed by atoms with Crippen LogP contribution in [0.3, 0.4) is 0 Å². The van der Waals surface area contributed by atoms with E-state index in [4.69, 9.17) is 10.5 Å². The summed E-state index contributed by atoms with van der Waals surface area (Å²) in [5.74, 6) is -0.207. The molecule has 7 nitrogen and oxygen atoms in total. The number of likely N-dealkylation sites (tertiary alicyclic amines) is 1. The van der Waals surface area contributed by atoms with Gasteiger partial charge in [-0.3, -0.25) is 9.59 Å². The van der Waals surface area contributed by atoms with Gasteiger partial charge in [0.1, 0.15) is 5.69 Å². The zero-order valence-corrected chi connectivity index (χ0v) is 10.8. The van der Waals surface area contributed by atoms with Gasteiger partial charge in [0.05, 0.1) is 12.3 Å². The highest BCUT2D eigenvalue weighted by Gasteiger charge is 2.31. The Morgan fingerprint density at radius 2 is 2.47 bits per heavy atom. The molecule has 0 aromatic carbocycles. The number of nitrogens with zero attached hydrogens (tertiary/aromatic N) is 2. The number of H-pyrrole nitrogens is 1. The summed E-state index contributed by atoms with van der Waals surface area (Å²) in [5.41, 5.74) is 5.62. The third-order valence-corrected chi connectivity index (χ3v) is 3.43. The number of ether oxygens (including phenoxy) is 1. The van der Waals surface area contributed by atoms with E-state index in [0.29, 0.717) is 13.1 Å². The lowest BCUT2D eigenvalue weighted by Gasteiger charge is -2.38. The molecule has 0 spiro atoms. The summed E-state index contributed by atoms with van der Waals surface area (Å²) in [6.45, 7) is 0.967. The van der Waals surface area contributed by atoms with Gasteiger partial charge in [-0.2, -0.15) is 0 Å². The Balaban J connectivity index is 2.13. The number of piperidine rings is 1. The minimum atomic E-state index is -0.329. The van der Waals surface area contributed by atoms with Crippen molar-refractivity contribution in [1.29, 1.82) is 0 Å². The number of nitrogens with two attached hydrogens (primary N) is 1. The van der Waals surface area contributed by atoms with Crippen molar-refractivity contribution < 1.29 is 9.53 Å². The number of aromatic amines is 1. The molecule has 1 fully saturated rings. The monoisotopic (exact) mass is 266 g/mol. The predicted molar refractivity (Wildman–Crippen MR) is 68.8 cm³/mol. The fraction of sp³-hybridized carbons (Fsp3) is 0.583. The summed E-state index contributed by atoms with van der Waals surface area (Å²) in [6.07, 6.45) is 4.08. The van der Waals surface area contributed by atoms with E-state index in [1.54, 1.807) is 12.0 Å². The Morgan fingerprint density at radius 3 is 3.05 bits per heavy atom. The van der Waals surface area contributed by atoms with Crippen LogP contribution in [0.2, 0.25) is 0 Å². The number of carbonyl (C=O) groups excluding carboxylic acids is 1. The maximum absolute atomic E-state index is 12.3. The summed E-state index contributed by atoms with van der Waals surface area (Å²) >= 11 is 0. The van der Waals surface area contributed by atoms with E-state index in [9.17, 15) is 9.59 Å². The molecule has 0 radical (unpaired) electrons. The van der Waals surface area contributed by atoms with E-state index in [-0.39, 0.29) is 29.3 Å². The van der Waals surface area contributed by atoms with Crippen LogP contribution in [0.4, 0.5) is 0 Å². The first-order valence-electron chi connectivity index (χ1n) is 6.24. The van der Waals surface area contributed by atoms with Gasteiger partial charge in [0, 0.05) is 32.4 Å². The lowest BCUT2D eigenvalue weighted by atomic mass is 9.99. The molecular formula is C12H18N4O3. The fourth-order valence-electron chi connectivity index (χ4n) is 2.33. The molecule has 0 saturated carbocycles. The molecule has 2 unspecified atom stereocenters. The van der Waals surface area contributed by atoms with Gasteiger partial charge in [-0.25, -0.2) is 4.98 Å². The zero-order chi connectivity index (χ0) is 13.8. The summed E-state index contributed by atoms with van der Waals surface area (Å²) in [5, 5.41) is 0. The second kappa shape index (κ2) is 5.94. The Hall–Kier alpha value is -1.73. The standard InChI is InChI=1S/C12H18N4O3/c1-19-9-2-3-16(8(4-9)5-13)12(18)10-6-15-11(17)7-14-10/h6-9H,2-5,13H2,1H3,(H,15,17). The van der Waals surface area contributed by atoms with E-state index in [2.05, 4.69) is 9.97 Å². The highest BCUT2D eigenvalue weighted by atomic mass is 16.5. The molecule has 1 aromatic heterocycles. The number of methoxy groups -OCH3 is 1. The molecule has 2 atom stereocenters. The van der Waals surface area contributed by atoms with Crippen molar-refractivity contribution in [3.63, 3.8) is 0 Å². The van der Waals surface area contributed by atoms with Crippen LogP contribution in [-0.2, 0) is 4.74 Å². The van der Waals surface area contributed by atoms with Gasteiger partial charge in [-0.05, 0) is 12.8 Å². The summed E-state index contributed by atoms with van der Waals surface area (Å²) in [7, 11) is 1.67. The van der Waals surface area contributed by atoms with E-state index in [0.717, 1.165) is 19.0 Å². The molecule has 104 valence electrons. The minimum Gasteiger partial charge on any atom is -0.381 e. The van der Waals surface area contributed by atoms with Crippen molar-refractivity contribution in [3.8, 4) is 0 Å². The van der Waals surface area contributed by atoms with Crippen LogP contribution in [0, 0.1) is 0 Å². The third-order valence-electron chi connectivity index (χ3n) is 3.43. The number of hydrogen-bond acceptors (Lipinski definition) is 5. The molecule has 2 heterocycles. The first-order chi connectivity index (χ1) is 9.15. The van der Waals surface area contributed by atoms with Crippen LogP contribution < -0.4 is 11.3 Å². The molecule has 3 N–H and O–H groups in total. The molecule has 0 bridgehead atoms. The smallest absolute Gasteiger partial charge is 0.274 e. The molecular weight excluding hydrogens is 248 g/mol. The van der Waals surface area contributed by atoms with Crippen LogP contribution in [0.1, 0.15) is 23.3 Å². The summed E-state index contributed by atoms with van der Waals surface area (Å²) in [6, 6.07) is -0.0556. The molecule has 1 aliphatic rings. The molecule has 1 aromatic rings. The Kier molecular flexibility index (Phi) is 4.28. The number of aromatic nitrogens is 2. The second-order valence-corrected chi connectivity index (χ2v) is 4.57. The van der Waals surface area contributed by atoms with Crippen molar-refractivity contribution in [2.45, 2.75) is 25.0 Å². The van der Waals surface area contributed by atoms with Crippen LogP contribution in [0.5, 0.6) is 0 Å². The maximum atomic E-state index is 12.3. The number of amides is 1. The first-order valence-corrected chi connectivity index (χ1v) is 6.24. The average molecular weight is 266 g/mol. The van der Waals surface area contributed by atoms with Crippen molar-refractivity contribution in [2.75, 3.05) is 20.2 Å². The Labute approximate surface area is 110 Å². The molecule has 1 amide bonds. The molecule has 7 heteroatoms. The molecule has 1 saturated heterocycles. The van der Waals surface area contributed by atoms with Crippen LogP contribution in [0.15, 0.2) is 17.2 Å². The van der Waals surface area contributed by atoms with Crippen LogP contribution in [0.25, 0.3) is 0 Å². The van der Waals surface area contributed by atoms with Crippen molar-refractivity contribution in [1.82, 2.24) is 14.9 Å². The zero-order valence-electron chi connectivity index (χ0n) is 10.8. The maximum Gasteiger partial charge on any atom is 0.274 e. The van der Waals surface area contributed by atoms with E-state index in [1.807, 2.05) is 0 Å². The summed E-state index contributed by atoms with van der Waals surface area (Å²) in [4.78, 5) is 31.3. The van der Waals surface area contributed by atoms with Crippen molar-refractivity contribution in [2.24, 2.45) is 5.73 Å². The molecule has 1 aliphatic heterocycles. The van der Waals surface area contributed by atoms with Gasteiger partial charge < -0.3 is 20.4 Å². The second-order valence-electron chi connectivity index (χ2n) is 4.57. The van der Waals surface area contributed by atoms with Crippen molar-refractivity contribution >= 4 is 5.91 Å². The number of nitrogens with one attached hydrogen (secondary N) is 1. The SMILES string of the molecule is COC1CCN(C(=O)c2c[nH]c(=O)cn2)C(CN)C1. The highest BCUT2D eigenvalue weighted by molar-refractivity contribution is 5.92. The molecule has 0 aliphatic carbocycles. The number of carbonyl (C=O) groups is 1. The van der Waals surface area contributed by atoms with Gasteiger partial charge in [0.2, 0.25) is 0 Å². The van der Waals surface area contributed by atoms with Gasteiger partial charge in [0.15, 0.2) is 0 Å². The largest absolute Gasteiger partial charge is 0.381 e. The predicted octanol–water partition coefficient (Wildman–Crippen LogP) is -0.652. The lowest BCUT2D eigenvalue weighted by Crippen LogP contribution is -2.51. The number of hydrogen-bond donors (Lipinski definition) is 2. The highest BCUT2D eigenvalue weighted by Crippen LogP contribution is 2.20. The molecule has 2 rings (SSSR count). The van der Waals surface area contributed by atoms with Crippen LogP contribution >= 0.6 is 0 Å². The molecule has 19 heavy (non-hydrogen) atoms. The van der Waals surface area contributed by atoms with Crippen LogP contribution in [-0.4, -0.2) is 53.1 Å². The third kappa shape index (κ3) is 2.99. The van der Waals surface area contributed by atoms with E-state index >= 15 is 0 Å². The normalized spacial score (nSPS) is 23.4. The topological polar surface area (TPSA) is 101 Å². The lowest BCUT2D eigenvalue weighted by molar-refractivity contribution is 0.0136. The van der Waals surface area contributed by atoms with Gasteiger partial charge in [-0.15, -0.1) is 0 Å². The van der Waals surface area contributed by atoms with Gasteiger partial charge >= 0.3 is 0 Å². The van der Waals surface area contributed by atoms with Gasteiger partial charge in [-0.1, -0.05) is 0 Å². The number of rotatable bonds is 3. The quantitative estimate of drug-likeness (QED) is 0.757. The fourth-order valence-corrected chi connectivity index (χ4v) is 2.33. The average Bonchev–Trinajstić information content (AvgIpc) is 2.46. The summed E-state index contributed by atoms with van der Waals surface area (Å²) < 4.78 is 5.32. The van der Waals surface area contributed by atoms with Gasteiger partial charge in [0.25, 0.3) is 11.5 Å². The van der Waals surface area contributed by atoms with Crippen molar-refractivity contribution in [3.05, 3.63) is 28.4 Å². The first kappa shape index (κ1) is 13.7. The van der Waals surface area contributed by atoms with E-state index in [1.165, 1.54) is 6.20 Å². The minimum absolute atomic E-state index is 0.0556. The van der Waals surface area contributed by atoms with E-state index < -0.39 is 0 Å². The Bertz CT molecular complexity index is 481. The Morgan fingerprint density at radius 1 is 1.68 bits per heavy atom.